The van der Waals surface area contributed by atoms with Crippen LogP contribution in [0.3, 0.4) is 0 Å². The molecule has 1 heterocycles. The smallest absolute Gasteiger partial charge is 0.292 e. The minimum atomic E-state index is -0.661. The summed E-state index contributed by atoms with van der Waals surface area (Å²) in [4.78, 5) is 35.7. The zero-order valence-corrected chi connectivity index (χ0v) is 15.9. The number of para-hydroxylation sites is 2. The summed E-state index contributed by atoms with van der Waals surface area (Å²) in [5, 5.41) is 21.2. The van der Waals surface area contributed by atoms with E-state index in [9.17, 15) is 19.7 Å². The van der Waals surface area contributed by atoms with E-state index >= 15 is 0 Å². The second-order valence-electron chi connectivity index (χ2n) is 6.16. The fourth-order valence-corrected chi connectivity index (χ4v) is 3.06. The lowest BCUT2D eigenvalue weighted by Crippen LogP contribution is -2.50. The van der Waals surface area contributed by atoms with E-state index < -0.39 is 11.0 Å². The molecule has 27 heavy (non-hydrogen) atoms. The molecule has 0 aliphatic heterocycles. The van der Waals surface area contributed by atoms with Crippen molar-refractivity contribution in [1.29, 1.82) is 0 Å². The van der Waals surface area contributed by atoms with Gasteiger partial charge in [-0.15, -0.1) is 11.3 Å². The fourth-order valence-electron chi connectivity index (χ4n) is 2.43. The highest BCUT2D eigenvalue weighted by Crippen LogP contribution is 2.22. The molecule has 0 radical (unpaired) electrons. The molecule has 2 rings (SSSR count). The molecule has 2 amide bonds. The van der Waals surface area contributed by atoms with E-state index in [1.54, 1.807) is 35.7 Å². The first-order valence-corrected chi connectivity index (χ1v) is 9.37. The van der Waals surface area contributed by atoms with Crippen molar-refractivity contribution >= 4 is 34.5 Å². The first kappa shape index (κ1) is 20.4. The number of nitrogens with zero attached hydrogens (tertiary/aromatic N) is 1. The Labute approximate surface area is 161 Å². The van der Waals surface area contributed by atoms with Gasteiger partial charge in [0.2, 0.25) is 5.91 Å². The largest absolute Gasteiger partial charge is 0.378 e. The molecule has 9 heteroatoms. The fraction of sp³-hybridized carbons (Fsp3) is 0.333. The predicted octanol–water partition coefficient (Wildman–Crippen LogP) is 2.64. The molecule has 0 bridgehead atoms. The van der Waals surface area contributed by atoms with Crippen molar-refractivity contribution in [2.45, 2.75) is 19.9 Å². The van der Waals surface area contributed by atoms with Crippen molar-refractivity contribution in [1.82, 2.24) is 10.6 Å². The maximum Gasteiger partial charge on any atom is 0.292 e. The van der Waals surface area contributed by atoms with Crippen molar-refractivity contribution < 1.29 is 14.5 Å². The van der Waals surface area contributed by atoms with Gasteiger partial charge in [0.05, 0.1) is 9.80 Å². The van der Waals surface area contributed by atoms with Gasteiger partial charge in [-0.1, -0.05) is 32.0 Å². The van der Waals surface area contributed by atoms with Crippen LogP contribution in [0.2, 0.25) is 0 Å². The summed E-state index contributed by atoms with van der Waals surface area (Å²) >= 11 is 1.31. The van der Waals surface area contributed by atoms with E-state index in [1.165, 1.54) is 17.4 Å². The average Bonchev–Trinajstić information content (AvgIpc) is 3.17. The summed E-state index contributed by atoms with van der Waals surface area (Å²) < 4.78 is 0. The molecule has 0 aliphatic carbocycles. The number of hydrogen-bond acceptors (Lipinski definition) is 6. The van der Waals surface area contributed by atoms with E-state index in [0.29, 0.717) is 17.1 Å². The highest BCUT2D eigenvalue weighted by atomic mass is 32.1. The highest BCUT2D eigenvalue weighted by molar-refractivity contribution is 7.12. The maximum absolute atomic E-state index is 12.4. The van der Waals surface area contributed by atoms with Crippen molar-refractivity contribution in [3.63, 3.8) is 0 Å². The zero-order valence-electron chi connectivity index (χ0n) is 15.1. The van der Waals surface area contributed by atoms with Gasteiger partial charge in [0.1, 0.15) is 11.7 Å². The molecule has 0 fully saturated rings. The van der Waals surface area contributed by atoms with Gasteiger partial charge in [0.15, 0.2) is 0 Å². The van der Waals surface area contributed by atoms with Crippen LogP contribution in [0.1, 0.15) is 23.5 Å². The zero-order chi connectivity index (χ0) is 19.8. The third-order valence-corrected chi connectivity index (χ3v) is 4.69. The lowest BCUT2D eigenvalue weighted by molar-refractivity contribution is -0.384. The van der Waals surface area contributed by atoms with Gasteiger partial charge in [-0.25, -0.2) is 0 Å². The molecular formula is C18H22N4O4S. The van der Waals surface area contributed by atoms with Gasteiger partial charge in [0.25, 0.3) is 11.6 Å². The molecule has 1 atom stereocenters. The Morgan fingerprint density at radius 2 is 1.89 bits per heavy atom. The highest BCUT2D eigenvalue weighted by Gasteiger charge is 2.24. The van der Waals surface area contributed by atoms with Gasteiger partial charge in [0, 0.05) is 19.2 Å². The van der Waals surface area contributed by atoms with Crippen LogP contribution in [0.5, 0.6) is 0 Å². The SMILES string of the molecule is CC(C)C(NC(=O)c1cccs1)C(=O)NCCNc1ccccc1[N+](=O)[O-]. The topological polar surface area (TPSA) is 113 Å². The minimum absolute atomic E-state index is 0.0212. The maximum atomic E-state index is 12.4. The number of nitro benzene ring substituents is 1. The molecule has 2 aromatic rings. The first-order valence-electron chi connectivity index (χ1n) is 8.49. The summed E-state index contributed by atoms with van der Waals surface area (Å²) in [7, 11) is 0. The summed E-state index contributed by atoms with van der Waals surface area (Å²) in [5.41, 5.74) is 0.371. The molecule has 1 unspecified atom stereocenters. The number of nitro groups is 1. The van der Waals surface area contributed by atoms with Gasteiger partial charge < -0.3 is 16.0 Å². The third-order valence-electron chi connectivity index (χ3n) is 3.82. The van der Waals surface area contributed by atoms with Crippen LogP contribution < -0.4 is 16.0 Å². The molecule has 0 saturated heterocycles. The Hall–Kier alpha value is -2.94. The second kappa shape index (κ2) is 9.67. The summed E-state index contributed by atoms with van der Waals surface area (Å²) in [6.07, 6.45) is 0. The molecular weight excluding hydrogens is 368 g/mol. The van der Waals surface area contributed by atoms with Gasteiger partial charge in [-0.3, -0.25) is 19.7 Å². The van der Waals surface area contributed by atoms with Crippen molar-refractivity contribution in [3.05, 3.63) is 56.8 Å². The van der Waals surface area contributed by atoms with Gasteiger partial charge in [-0.05, 0) is 23.4 Å². The Morgan fingerprint density at radius 1 is 1.15 bits per heavy atom. The summed E-state index contributed by atoms with van der Waals surface area (Å²) in [5.74, 6) is -0.659. The monoisotopic (exact) mass is 390 g/mol. The number of rotatable bonds is 9. The van der Waals surface area contributed by atoms with E-state index in [0.717, 1.165) is 0 Å². The first-order chi connectivity index (χ1) is 12.9. The number of amides is 2. The van der Waals surface area contributed by atoms with Crippen LogP contribution in [-0.2, 0) is 4.79 Å². The van der Waals surface area contributed by atoms with Crippen LogP contribution >= 0.6 is 11.3 Å². The van der Waals surface area contributed by atoms with Crippen LogP contribution in [0, 0.1) is 16.0 Å². The van der Waals surface area contributed by atoms with Crippen LogP contribution in [0.25, 0.3) is 0 Å². The Balaban J connectivity index is 1.86. The Kier molecular flexibility index (Phi) is 7.30. The molecule has 3 N–H and O–H groups in total. The van der Waals surface area contributed by atoms with Crippen molar-refractivity contribution in [3.8, 4) is 0 Å². The Morgan fingerprint density at radius 3 is 2.52 bits per heavy atom. The number of thiophene rings is 1. The number of nitrogens with one attached hydrogen (secondary N) is 3. The van der Waals surface area contributed by atoms with E-state index in [2.05, 4.69) is 16.0 Å². The van der Waals surface area contributed by atoms with E-state index in [1.807, 2.05) is 13.8 Å². The van der Waals surface area contributed by atoms with Crippen molar-refractivity contribution in [2.24, 2.45) is 5.92 Å². The summed E-state index contributed by atoms with van der Waals surface area (Å²) in [6.45, 7) is 4.29. The van der Waals surface area contributed by atoms with E-state index in [-0.39, 0.29) is 30.0 Å². The van der Waals surface area contributed by atoms with Crippen molar-refractivity contribution in [2.75, 3.05) is 18.4 Å². The number of hydrogen-bond donors (Lipinski definition) is 3. The molecule has 0 aliphatic rings. The number of carbonyl (C=O) groups is 2. The standard InChI is InChI=1S/C18H22N4O4S/c1-12(2)16(21-17(23)15-8-5-11-27-15)18(24)20-10-9-19-13-6-3-4-7-14(13)22(25)26/h3-8,11-12,16,19H,9-10H2,1-2H3,(H,20,24)(H,21,23). The Bertz CT molecular complexity index is 792. The number of benzene rings is 1. The van der Waals surface area contributed by atoms with E-state index in [4.69, 9.17) is 0 Å². The average molecular weight is 390 g/mol. The lowest BCUT2D eigenvalue weighted by atomic mass is 10.0. The minimum Gasteiger partial charge on any atom is -0.378 e. The summed E-state index contributed by atoms with van der Waals surface area (Å²) in [6, 6.07) is 9.13. The van der Waals surface area contributed by atoms with Gasteiger partial charge in [-0.2, -0.15) is 0 Å². The quantitative estimate of drug-likeness (QED) is 0.346. The molecule has 8 nitrogen and oxygen atoms in total. The molecule has 0 spiro atoms. The number of carbonyl (C=O) groups excluding carboxylic acids is 2. The molecule has 1 aromatic heterocycles. The molecule has 144 valence electrons. The second-order valence-corrected chi connectivity index (χ2v) is 7.11. The molecule has 0 saturated carbocycles. The third kappa shape index (κ3) is 5.78. The number of anilines is 1. The van der Waals surface area contributed by atoms with Crippen LogP contribution in [0.4, 0.5) is 11.4 Å². The van der Waals surface area contributed by atoms with Crippen LogP contribution in [-0.4, -0.2) is 35.9 Å². The lowest BCUT2D eigenvalue weighted by Gasteiger charge is -2.21. The normalized spacial score (nSPS) is 11.7. The van der Waals surface area contributed by atoms with Gasteiger partial charge >= 0.3 is 0 Å². The predicted molar refractivity (Wildman–Crippen MR) is 105 cm³/mol. The van der Waals surface area contributed by atoms with Crippen LogP contribution in [0.15, 0.2) is 41.8 Å². The molecule has 1 aromatic carbocycles.